The van der Waals surface area contributed by atoms with Gasteiger partial charge in [-0.25, -0.2) is 4.39 Å². The van der Waals surface area contributed by atoms with Crippen LogP contribution >= 0.6 is 0 Å². The second kappa shape index (κ2) is 7.71. The summed E-state index contributed by atoms with van der Waals surface area (Å²) >= 11 is 0. The number of anilines is 1. The Morgan fingerprint density at radius 3 is 2.73 bits per heavy atom. The van der Waals surface area contributed by atoms with Crippen LogP contribution in [0.1, 0.15) is 41.7 Å². The molecule has 2 heterocycles. The van der Waals surface area contributed by atoms with Gasteiger partial charge >= 0.3 is 5.97 Å². The Balaban J connectivity index is 1.88. The number of carbonyl (C=O) groups excluding carboxylic acids is 1. The van der Waals surface area contributed by atoms with Gasteiger partial charge in [0.05, 0.1) is 16.6 Å². The minimum Gasteiger partial charge on any atom is -0.480 e. The van der Waals surface area contributed by atoms with E-state index in [4.69, 9.17) is 5.11 Å². The van der Waals surface area contributed by atoms with Crippen molar-refractivity contribution in [3.05, 3.63) is 39.4 Å². The molecule has 1 aliphatic heterocycles. The van der Waals surface area contributed by atoms with E-state index in [2.05, 4.69) is 10.6 Å². The van der Waals surface area contributed by atoms with Gasteiger partial charge in [0.1, 0.15) is 17.9 Å². The molecule has 2 fully saturated rings. The number of nitrogens with zero attached hydrogens (tertiary/aromatic N) is 2. The molecule has 1 amide bonds. The molecule has 4 rings (SSSR count). The van der Waals surface area contributed by atoms with Gasteiger partial charge in [-0.15, -0.1) is 0 Å². The third kappa shape index (κ3) is 3.65. The first-order valence-corrected chi connectivity index (χ1v) is 10.1. The first-order valence-electron chi connectivity index (χ1n) is 10.1. The second-order valence-electron chi connectivity index (χ2n) is 8.12. The van der Waals surface area contributed by atoms with Crippen molar-refractivity contribution >= 4 is 28.5 Å². The zero-order valence-electron chi connectivity index (χ0n) is 17.0. The van der Waals surface area contributed by atoms with E-state index in [-0.39, 0.29) is 28.6 Å². The predicted octanol–water partition coefficient (Wildman–Crippen LogP) is 1.40. The van der Waals surface area contributed by atoms with E-state index in [9.17, 15) is 14.4 Å². The first kappa shape index (κ1) is 20.3. The van der Waals surface area contributed by atoms with Crippen LogP contribution in [-0.2, 0) is 4.79 Å². The lowest BCUT2D eigenvalue weighted by atomic mass is 10.0. The molecule has 9 heteroatoms. The smallest absolute Gasteiger partial charge is 0.322 e. The normalized spacial score (nSPS) is 19.2. The lowest BCUT2D eigenvalue weighted by molar-refractivity contribution is -0.135. The largest absolute Gasteiger partial charge is 0.480 e. The van der Waals surface area contributed by atoms with E-state index in [1.54, 1.807) is 13.0 Å². The third-order valence-corrected chi connectivity index (χ3v) is 5.77. The first-order chi connectivity index (χ1) is 14.3. The minimum atomic E-state index is -1.20. The molecule has 1 unspecified atom stereocenters. The summed E-state index contributed by atoms with van der Waals surface area (Å²) in [5.41, 5.74) is 0.534. The van der Waals surface area contributed by atoms with Crippen LogP contribution in [0.25, 0.3) is 10.9 Å². The lowest BCUT2D eigenvalue weighted by Crippen LogP contribution is -2.49. The average Bonchev–Trinajstić information content (AvgIpc) is 3.54. The third-order valence-electron chi connectivity index (χ3n) is 5.77. The van der Waals surface area contributed by atoms with Crippen molar-refractivity contribution in [2.45, 2.75) is 38.8 Å². The summed E-state index contributed by atoms with van der Waals surface area (Å²) in [6.07, 6.45) is 3.30. The van der Waals surface area contributed by atoms with Gasteiger partial charge in [0, 0.05) is 43.5 Å². The predicted molar refractivity (Wildman–Crippen MR) is 111 cm³/mol. The van der Waals surface area contributed by atoms with E-state index in [1.807, 2.05) is 16.4 Å². The zero-order chi connectivity index (χ0) is 21.6. The van der Waals surface area contributed by atoms with E-state index in [0.29, 0.717) is 24.3 Å². The summed E-state index contributed by atoms with van der Waals surface area (Å²) < 4.78 is 17.2. The van der Waals surface area contributed by atoms with Gasteiger partial charge in [-0.2, -0.15) is 0 Å². The maximum absolute atomic E-state index is 15.4. The number of carbonyl (C=O) groups is 2. The summed E-state index contributed by atoms with van der Waals surface area (Å²) in [6.45, 7) is 5.08. The average molecular weight is 416 g/mol. The molecule has 1 atom stereocenters. The van der Waals surface area contributed by atoms with Crippen molar-refractivity contribution < 1.29 is 19.1 Å². The quantitative estimate of drug-likeness (QED) is 0.681. The Hall–Kier alpha value is -2.94. The summed E-state index contributed by atoms with van der Waals surface area (Å²) in [5, 5.41) is 14.5. The maximum atomic E-state index is 15.4. The fraction of sp³-hybridized carbons (Fsp3) is 0.476. The summed E-state index contributed by atoms with van der Waals surface area (Å²) in [4.78, 5) is 38.3. The van der Waals surface area contributed by atoms with Crippen LogP contribution in [0.15, 0.2) is 17.1 Å². The Kier molecular flexibility index (Phi) is 5.23. The fourth-order valence-corrected chi connectivity index (χ4v) is 4.10. The Morgan fingerprint density at radius 2 is 2.10 bits per heavy atom. The monoisotopic (exact) mass is 416 g/mol. The summed E-state index contributed by atoms with van der Waals surface area (Å²) in [7, 11) is 0. The number of aromatic nitrogens is 1. The minimum absolute atomic E-state index is 0.138. The molecule has 160 valence electrons. The number of aryl methyl sites for hydroxylation is 1. The summed E-state index contributed by atoms with van der Waals surface area (Å²) in [5.74, 6) is -2.43. The summed E-state index contributed by atoms with van der Waals surface area (Å²) in [6, 6.07) is 2.08. The number of benzene rings is 1. The molecule has 3 N–H and O–H groups in total. The Labute approximate surface area is 172 Å². The second-order valence-corrected chi connectivity index (χ2v) is 8.12. The molecular formula is C21H25FN4O4. The van der Waals surface area contributed by atoms with Gasteiger partial charge in [-0.1, -0.05) is 0 Å². The van der Waals surface area contributed by atoms with Crippen LogP contribution in [0.5, 0.6) is 0 Å². The van der Waals surface area contributed by atoms with Crippen molar-refractivity contribution in [3.8, 4) is 0 Å². The molecule has 0 spiro atoms. The highest BCUT2D eigenvalue weighted by atomic mass is 19.1. The zero-order valence-corrected chi connectivity index (χ0v) is 17.0. The van der Waals surface area contributed by atoms with Crippen molar-refractivity contribution in [1.82, 2.24) is 15.2 Å². The number of aliphatic carboxylic acids is 1. The lowest BCUT2D eigenvalue weighted by Gasteiger charge is -2.34. The number of pyridine rings is 1. The molecule has 0 bridgehead atoms. The molecule has 1 saturated heterocycles. The molecule has 8 nitrogen and oxygen atoms in total. The maximum Gasteiger partial charge on any atom is 0.322 e. The number of fused-ring (bicyclic) bond motifs is 1. The highest BCUT2D eigenvalue weighted by Gasteiger charge is 2.30. The van der Waals surface area contributed by atoms with Crippen LogP contribution in [0.2, 0.25) is 0 Å². The van der Waals surface area contributed by atoms with Gasteiger partial charge in [0.25, 0.3) is 5.91 Å². The van der Waals surface area contributed by atoms with E-state index in [1.165, 1.54) is 6.20 Å². The highest BCUT2D eigenvalue weighted by molar-refractivity contribution is 5.99. The number of rotatable bonds is 5. The molecule has 0 radical (unpaired) electrons. The van der Waals surface area contributed by atoms with Crippen molar-refractivity contribution in [1.29, 1.82) is 0 Å². The Morgan fingerprint density at radius 1 is 1.37 bits per heavy atom. The van der Waals surface area contributed by atoms with Gasteiger partial charge in [0.15, 0.2) is 0 Å². The number of halogens is 1. The molecule has 2 aliphatic rings. The molecule has 2 aromatic rings. The van der Waals surface area contributed by atoms with Crippen LogP contribution < -0.4 is 21.0 Å². The standard InChI is InChI=1S/C21H25FN4O4/c1-11-9-25(6-5-23-11)16-7-15-18(12(2)19(16)22)20(29)14(10-26(15)13-3-4-13)21(30)24-8-17(27)28/h7,10-11,13,23H,3-6,8-9H2,1-2H3,(H,24,30)(H,27,28). The van der Waals surface area contributed by atoms with Crippen LogP contribution in [0.4, 0.5) is 10.1 Å². The van der Waals surface area contributed by atoms with E-state index >= 15 is 4.39 Å². The van der Waals surface area contributed by atoms with Gasteiger partial charge in [-0.05, 0) is 32.8 Å². The number of piperazine rings is 1. The number of hydrogen-bond donors (Lipinski definition) is 3. The molecule has 1 aliphatic carbocycles. The van der Waals surface area contributed by atoms with Gasteiger partial charge in [0.2, 0.25) is 5.43 Å². The van der Waals surface area contributed by atoms with Gasteiger partial charge < -0.3 is 25.2 Å². The number of amides is 1. The topological polar surface area (TPSA) is 104 Å². The van der Waals surface area contributed by atoms with Crippen molar-refractivity contribution in [3.63, 3.8) is 0 Å². The number of hydrogen-bond acceptors (Lipinski definition) is 5. The van der Waals surface area contributed by atoms with Crippen molar-refractivity contribution in [2.75, 3.05) is 31.1 Å². The SMILES string of the molecule is Cc1c(F)c(N2CCNC(C)C2)cc2c1c(=O)c(C(=O)NCC(=O)O)cn2C1CC1. The van der Waals surface area contributed by atoms with E-state index in [0.717, 1.165) is 19.4 Å². The van der Waals surface area contributed by atoms with Gasteiger partial charge in [-0.3, -0.25) is 14.4 Å². The number of carboxylic acid groups (broad SMARTS) is 1. The van der Waals surface area contributed by atoms with Crippen molar-refractivity contribution in [2.24, 2.45) is 0 Å². The van der Waals surface area contributed by atoms with Crippen LogP contribution in [-0.4, -0.2) is 53.8 Å². The Bertz CT molecular complexity index is 1090. The van der Waals surface area contributed by atoms with Crippen LogP contribution in [0, 0.1) is 12.7 Å². The molecular weight excluding hydrogens is 391 g/mol. The highest BCUT2D eigenvalue weighted by Crippen LogP contribution is 2.39. The number of nitrogens with one attached hydrogen (secondary N) is 2. The molecule has 30 heavy (non-hydrogen) atoms. The molecule has 1 aromatic carbocycles. The molecule has 1 aromatic heterocycles. The van der Waals surface area contributed by atoms with E-state index < -0.39 is 29.7 Å². The van der Waals surface area contributed by atoms with Crippen LogP contribution in [0.3, 0.4) is 0 Å². The molecule has 1 saturated carbocycles. The number of carboxylic acids is 1. The fourth-order valence-electron chi connectivity index (χ4n) is 4.10.